The Hall–Kier alpha value is -3.38. The minimum Gasteiger partial charge on any atom is -0.450 e. The predicted molar refractivity (Wildman–Crippen MR) is 137 cm³/mol. The number of thiocarbonyl (C=S) groups is 1. The summed E-state index contributed by atoms with van der Waals surface area (Å²) in [7, 11) is 0. The molecule has 35 heavy (non-hydrogen) atoms. The maximum atomic E-state index is 13.0. The Morgan fingerprint density at radius 2 is 2.06 bits per heavy atom. The van der Waals surface area contributed by atoms with E-state index in [2.05, 4.69) is 25.7 Å². The number of likely N-dealkylation sites (tertiary alicyclic amines) is 1. The summed E-state index contributed by atoms with van der Waals surface area (Å²) in [6.45, 7) is 7.28. The summed E-state index contributed by atoms with van der Waals surface area (Å²) in [6, 6.07) is 5.52. The predicted octanol–water partition coefficient (Wildman–Crippen LogP) is 3.80. The molecule has 0 unspecified atom stereocenters. The van der Waals surface area contributed by atoms with E-state index in [-0.39, 0.29) is 11.8 Å². The van der Waals surface area contributed by atoms with Gasteiger partial charge in [0.05, 0.1) is 23.0 Å². The van der Waals surface area contributed by atoms with Crippen LogP contribution < -0.4 is 10.6 Å². The molecule has 2 amide bonds. The molecule has 0 atom stereocenters. The summed E-state index contributed by atoms with van der Waals surface area (Å²) in [5.74, 6) is 0.494. The normalized spacial score (nSPS) is 14.0. The third kappa shape index (κ3) is 5.82. The van der Waals surface area contributed by atoms with Gasteiger partial charge in [0.2, 0.25) is 0 Å². The average Bonchev–Trinajstić information content (AvgIpc) is 3.46. The van der Waals surface area contributed by atoms with Crippen LogP contribution in [0.4, 0.5) is 10.5 Å². The smallest absolute Gasteiger partial charge is 0.413 e. The van der Waals surface area contributed by atoms with E-state index in [0.717, 1.165) is 29.2 Å². The molecule has 4 rings (SSSR count). The molecule has 0 bridgehead atoms. The number of aryl methyl sites for hydroxylation is 2. The second-order valence-corrected chi connectivity index (χ2v) is 9.43. The number of nitrogens with zero attached hydrogens (tertiary/aromatic N) is 5. The number of hydrogen-bond acceptors (Lipinski definition) is 8. The quantitative estimate of drug-likeness (QED) is 0.495. The molecule has 3 aromatic heterocycles. The largest absolute Gasteiger partial charge is 0.450 e. The molecule has 0 aromatic carbocycles. The molecule has 184 valence electrons. The number of aromatic nitrogens is 4. The van der Waals surface area contributed by atoms with Crippen LogP contribution in [0, 0.1) is 13.8 Å². The minimum atomic E-state index is -0.537. The highest BCUT2D eigenvalue weighted by atomic mass is 32.1. The van der Waals surface area contributed by atoms with Crippen LogP contribution in [0.1, 0.15) is 52.6 Å². The lowest BCUT2D eigenvalue weighted by atomic mass is 9.98. The Bertz CT molecular complexity index is 1230. The van der Waals surface area contributed by atoms with Crippen LogP contribution in [-0.4, -0.2) is 61.5 Å². The third-order valence-electron chi connectivity index (χ3n) is 5.62. The van der Waals surface area contributed by atoms with Crippen molar-refractivity contribution < 1.29 is 14.3 Å². The Morgan fingerprint density at radius 1 is 1.29 bits per heavy atom. The molecule has 4 heterocycles. The summed E-state index contributed by atoms with van der Waals surface area (Å²) < 4.78 is 6.60. The number of thiazole rings is 1. The number of anilines is 1. The van der Waals surface area contributed by atoms with E-state index >= 15 is 0 Å². The number of pyridine rings is 1. The van der Waals surface area contributed by atoms with E-state index < -0.39 is 6.09 Å². The van der Waals surface area contributed by atoms with Gasteiger partial charge in [0.1, 0.15) is 5.69 Å². The number of hydrogen-bond donors (Lipinski definition) is 2. The van der Waals surface area contributed by atoms with Gasteiger partial charge in [0.25, 0.3) is 5.91 Å². The fraction of sp³-hybridized carbons (Fsp3) is 0.391. The number of carbonyl (C=O) groups excluding carboxylic acids is 2. The molecule has 3 aromatic rings. The summed E-state index contributed by atoms with van der Waals surface area (Å²) in [5.41, 5.74) is 2.73. The molecule has 10 nitrogen and oxygen atoms in total. The molecule has 12 heteroatoms. The Kier molecular flexibility index (Phi) is 7.71. The second-order valence-electron chi connectivity index (χ2n) is 8.15. The summed E-state index contributed by atoms with van der Waals surface area (Å²) in [5, 5.41) is 13.1. The van der Waals surface area contributed by atoms with Crippen LogP contribution in [0.5, 0.6) is 0 Å². The molecular formula is C23H27N7O3S2. The molecule has 1 fully saturated rings. The number of carbonyl (C=O) groups is 2. The fourth-order valence-electron chi connectivity index (χ4n) is 3.94. The number of rotatable bonds is 5. The first-order chi connectivity index (χ1) is 16.9. The maximum absolute atomic E-state index is 13.0. The van der Waals surface area contributed by atoms with E-state index in [1.54, 1.807) is 35.3 Å². The van der Waals surface area contributed by atoms with Crippen LogP contribution in [0.25, 0.3) is 5.82 Å². The van der Waals surface area contributed by atoms with Gasteiger partial charge in [-0.3, -0.25) is 10.1 Å². The first-order valence-corrected chi connectivity index (χ1v) is 12.6. The van der Waals surface area contributed by atoms with E-state index in [9.17, 15) is 9.59 Å². The van der Waals surface area contributed by atoms with Crippen molar-refractivity contribution in [2.75, 3.05) is 25.0 Å². The average molecular weight is 514 g/mol. The number of piperidine rings is 1. The monoisotopic (exact) mass is 513 g/mol. The van der Waals surface area contributed by atoms with Crippen molar-refractivity contribution in [1.82, 2.24) is 30.0 Å². The fourth-order valence-corrected chi connectivity index (χ4v) is 5.17. The van der Waals surface area contributed by atoms with Gasteiger partial charge in [-0.15, -0.1) is 11.3 Å². The van der Waals surface area contributed by atoms with E-state index in [1.165, 1.54) is 11.3 Å². The SMILES string of the molecule is CCOC(=O)NC(=S)N1CCC(c2nc(C(=O)Nc3cccnc3-n3nc(C)cc3C)cs2)CC1. The van der Waals surface area contributed by atoms with E-state index in [4.69, 9.17) is 17.0 Å². The molecular weight excluding hydrogens is 486 g/mol. The van der Waals surface area contributed by atoms with Crippen molar-refractivity contribution in [1.29, 1.82) is 0 Å². The molecule has 1 aliphatic heterocycles. The van der Waals surface area contributed by atoms with Crippen LogP contribution in [-0.2, 0) is 4.74 Å². The Balaban J connectivity index is 1.38. The Morgan fingerprint density at radius 3 is 2.74 bits per heavy atom. The van der Waals surface area contributed by atoms with Crippen LogP contribution in [0.2, 0.25) is 0 Å². The highest BCUT2D eigenvalue weighted by Crippen LogP contribution is 2.31. The van der Waals surface area contributed by atoms with Gasteiger partial charge in [0, 0.05) is 36.3 Å². The number of amides is 2. The first kappa shape index (κ1) is 24.7. The highest BCUT2D eigenvalue weighted by Gasteiger charge is 2.26. The lowest BCUT2D eigenvalue weighted by Crippen LogP contribution is -2.46. The molecule has 1 aliphatic rings. The minimum absolute atomic E-state index is 0.229. The van der Waals surface area contributed by atoms with Crippen molar-refractivity contribution >= 4 is 46.4 Å². The maximum Gasteiger partial charge on any atom is 0.413 e. The lowest BCUT2D eigenvalue weighted by Gasteiger charge is -2.32. The number of alkyl carbamates (subject to hydrolysis) is 1. The van der Waals surface area contributed by atoms with Crippen molar-refractivity contribution in [2.24, 2.45) is 0 Å². The summed E-state index contributed by atoms with van der Waals surface area (Å²) in [4.78, 5) is 35.6. The molecule has 0 aliphatic carbocycles. The van der Waals surface area contributed by atoms with Crippen LogP contribution in [0.3, 0.4) is 0 Å². The molecule has 1 saturated heterocycles. The third-order valence-corrected chi connectivity index (χ3v) is 6.98. The molecule has 0 saturated carbocycles. The Labute approximate surface area is 212 Å². The zero-order valence-corrected chi connectivity index (χ0v) is 21.4. The van der Waals surface area contributed by atoms with Gasteiger partial charge in [-0.1, -0.05) is 0 Å². The van der Waals surface area contributed by atoms with Crippen LogP contribution >= 0.6 is 23.6 Å². The van der Waals surface area contributed by atoms with Gasteiger partial charge in [-0.25, -0.2) is 19.4 Å². The van der Waals surface area contributed by atoms with Crippen LogP contribution in [0.15, 0.2) is 29.8 Å². The van der Waals surface area contributed by atoms with Gasteiger partial charge in [-0.2, -0.15) is 5.10 Å². The molecule has 0 spiro atoms. The van der Waals surface area contributed by atoms with Crippen molar-refractivity contribution in [2.45, 2.75) is 39.5 Å². The second kappa shape index (κ2) is 10.9. The van der Waals surface area contributed by atoms with Gasteiger partial charge >= 0.3 is 6.09 Å². The standard InChI is InChI=1S/C23H27N7O3S2/c1-4-33-23(32)27-22(34)29-10-7-16(8-11-29)21-26-18(13-35-21)20(31)25-17-6-5-9-24-19(17)30-15(3)12-14(2)28-30/h5-6,9,12-13,16H,4,7-8,10-11H2,1-3H3,(H,25,31)(H,27,32,34). The van der Waals surface area contributed by atoms with Gasteiger partial charge in [-0.05, 0) is 64.0 Å². The lowest BCUT2D eigenvalue weighted by molar-refractivity contribution is 0.102. The zero-order valence-electron chi connectivity index (χ0n) is 19.8. The van der Waals surface area contributed by atoms with Gasteiger partial charge in [0.15, 0.2) is 10.9 Å². The van der Waals surface area contributed by atoms with Gasteiger partial charge < -0.3 is 15.0 Å². The summed E-state index contributed by atoms with van der Waals surface area (Å²) >= 11 is 6.79. The zero-order chi connectivity index (χ0) is 24.9. The van der Waals surface area contributed by atoms with Crippen molar-refractivity contribution in [3.63, 3.8) is 0 Å². The first-order valence-electron chi connectivity index (χ1n) is 11.3. The number of nitrogens with one attached hydrogen (secondary N) is 2. The van der Waals surface area contributed by atoms with Crippen molar-refractivity contribution in [3.05, 3.63) is 51.9 Å². The molecule has 0 radical (unpaired) electrons. The number of ether oxygens (including phenoxy) is 1. The highest BCUT2D eigenvalue weighted by molar-refractivity contribution is 7.80. The van der Waals surface area contributed by atoms with Crippen molar-refractivity contribution in [3.8, 4) is 5.82 Å². The summed E-state index contributed by atoms with van der Waals surface area (Å²) in [6.07, 6.45) is 2.78. The van der Waals surface area contributed by atoms with E-state index in [0.29, 0.717) is 42.0 Å². The molecule has 2 N–H and O–H groups in total. The van der Waals surface area contributed by atoms with E-state index in [1.807, 2.05) is 24.8 Å². The topological polar surface area (TPSA) is 114 Å².